The summed E-state index contributed by atoms with van der Waals surface area (Å²) in [5.41, 5.74) is 5.38. The van der Waals surface area contributed by atoms with E-state index in [0.717, 1.165) is 39.9 Å². The third kappa shape index (κ3) is 18.6. The number of aromatic amines is 1. The molecule has 13 N–H and O–H groups in total. The third-order valence-corrected chi connectivity index (χ3v) is 16.7. The molecule has 0 radical (unpaired) electrons. The largest absolute Gasteiger partial charge is 0.481 e. The molecule has 80 heavy (non-hydrogen) atoms. The first-order valence-electron chi connectivity index (χ1n) is 25.0. The number of anilines is 1. The number of hydrogen-bond donors (Lipinski definition) is 12. The van der Waals surface area contributed by atoms with Crippen LogP contribution in [-0.2, 0) is 64.9 Å². The quantitative estimate of drug-likeness (QED) is 0.0200. The third-order valence-electron chi connectivity index (χ3n) is 12.7. The molecular weight excluding hydrogens is 1150 g/mol. The van der Waals surface area contributed by atoms with Crippen LogP contribution in [-0.4, -0.2) is 181 Å². The Kier molecular flexibility index (Phi) is 22.9. The number of unbranched alkanes of at least 4 members (excludes halogenated alkanes) is 1. The van der Waals surface area contributed by atoms with E-state index in [1.165, 1.54) is 13.8 Å². The number of rotatable bonds is 30. The Labute approximate surface area is 461 Å². The average molecular weight is 1210 g/mol. The molecule has 6 rings (SSSR count). The SMILES string of the molecule is C[C@H](CCCC[C@@H](O)CC(=O)SCCNC(=O)CCNC(=O)[C@H](O)C(C)(C)COP(=O)(O)OP(=O)(O)OC[C@H]1O[C@@H](n2cnc3c(N)ncnc32)[C@H](O)[C@@H]1OP(=O)(O)O)O[C@@H]1O[C@@H](C)[C@H](OC(=O)c2c[nH]c3ccccc23)C[C@H]1O. The van der Waals surface area contributed by atoms with Crippen molar-refractivity contribution in [3.05, 3.63) is 48.7 Å². The molecule has 2 fully saturated rings. The van der Waals surface area contributed by atoms with Crippen LogP contribution in [0.4, 0.5) is 5.82 Å². The number of thioether (sulfide) groups is 1. The second kappa shape index (κ2) is 28.3. The summed E-state index contributed by atoms with van der Waals surface area (Å²) < 4.78 is 80.1. The van der Waals surface area contributed by atoms with Crippen LogP contribution in [0.1, 0.15) is 89.2 Å². The first-order valence-corrected chi connectivity index (χ1v) is 30.5. The number of nitrogens with two attached hydrogens (primary N) is 1. The molecule has 13 atom stereocenters. The lowest BCUT2D eigenvalue weighted by Crippen LogP contribution is -2.49. The van der Waals surface area contributed by atoms with Gasteiger partial charge in [-0.15, -0.1) is 0 Å². The lowest BCUT2D eigenvalue weighted by atomic mass is 9.87. The van der Waals surface area contributed by atoms with Crippen molar-refractivity contribution < 1.29 is 110 Å². The topological polar surface area (TPSA) is 465 Å². The Morgan fingerprint density at radius 2 is 1.69 bits per heavy atom. The summed E-state index contributed by atoms with van der Waals surface area (Å²) in [4.78, 5) is 105. The van der Waals surface area contributed by atoms with Crippen LogP contribution in [0.15, 0.2) is 43.1 Å². The van der Waals surface area contributed by atoms with Crippen molar-refractivity contribution in [2.45, 2.75) is 140 Å². The van der Waals surface area contributed by atoms with E-state index in [0.29, 0.717) is 31.2 Å². The Morgan fingerprint density at radius 1 is 0.975 bits per heavy atom. The van der Waals surface area contributed by atoms with Gasteiger partial charge in [0, 0.05) is 60.6 Å². The number of phosphoric ester groups is 3. The minimum absolute atomic E-state index is 0.0150. The van der Waals surface area contributed by atoms with E-state index in [1.807, 2.05) is 31.2 Å². The van der Waals surface area contributed by atoms with Gasteiger partial charge in [0.15, 0.2) is 29.1 Å². The number of hydrogen-bond acceptors (Lipinski definition) is 24. The molecule has 0 bridgehead atoms. The monoisotopic (exact) mass is 1210 g/mol. The molecule has 31 nitrogen and oxygen atoms in total. The highest BCUT2D eigenvalue weighted by atomic mass is 32.2. The number of para-hydroxylation sites is 1. The highest BCUT2D eigenvalue weighted by Crippen LogP contribution is 2.61. The molecule has 0 saturated carbocycles. The van der Waals surface area contributed by atoms with Crippen LogP contribution in [0, 0.1) is 5.41 Å². The fourth-order valence-corrected chi connectivity index (χ4v) is 12.0. The number of benzene rings is 1. The van der Waals surface area contributed by atoms with Crippen LogP contribution in [0.3, 0.4) is 0 Å². The van der Waals surface area contributed by atoms with Crippen molar-refractivity contribution in [2.24, 2.45) is 5.41 Å². The highest BCUT2D eigenvalue weighted by molar-refractivity contribution is 8.13. The summed E-state index contributed by atoms with van der Waals surface area (Å²) in [6, 6.07) is 7.33. The second-order valence-corrected chi connectivity index (χ2v) is 25.0. The standard InChI is InChI=1S/C45H67N8O23P3S/c1-24(71-44-30(55)18-31(25(2)72-44)74-43(61)28-19-49-29-12-8-7-11-27(28)29)9-5-6-10-26(54)17-34(57)80-16-15-47-33(56)13-14-48-41(60)38(59)45(3,4)21-70-79(67,68)76-78(65,66)69-20-32-37(75-77(62,63)64)36(58)42(73-32)53-23-52-35-39(46)50-22-51-40(35)53/h7-8,11-12,19,22-26,30-32,36-38,42,44,49,54-55,58-59H,5-6,9-10,13-18,20-21H2,1-4H3,(H,47,56)(H,48,60)(H,65,66)(H,67,68)(H2,46,50,51)(H2,62,63,64)/t24-,25+,26-,30-,31-,32-,36-,37-,38+,42-,44-/m1/s1. The lowest BCUT2D eigenvalue weighted by Gasteiger charge is -2.38. The first kappa shape index (κ1) is 64.8. The second-order valence-electron chi connectivity index (χ2n) is 19.6. The molecule has 4 aromatic rings. The smallest absolute Gasteiger partial charge is 0.456 e. The van der Waals surface area contributed by atoms with E-state index in [9.17, 15) is 72.9 Å². The molecule has 3 aromatic heterocycles. The lowest BCUT2D eigenvalue weighted by molar-refractivity contribution is -0.273. The molecule has 5 heterocycles. The maximum absolute atomic E-state index is 12.9. The molecule has 446 valence electrons. The van der Waals surface area contributed by atoms with E-state index < -0.39 is 121 Å². The number of nitrogens with zero attached hydrogens (tertiary/aromatic N) is 4. The van der Waals surface area contributed by atoms with Gasteiger partial charge in [-0.25, -0.2) is 33.4 Å². The number of esters is 1. The van der Waals surface area contributed by atoms with Crippen molar-refractivity contribution >= 4 is 86.0 Å². The van der Waals surface area contributed by atoms with Crippen LogP contribution >= 0.6 is 35.2 Å². The van der Waals surface area contributed by atoms with Crippen molar-refractivity contribution in [2.75, 3.05) is 37.8 Å². The predicted octanol–water partition coefficient (Wildman–Crippen LogP) is 1.58. The number of aromatic nitrogens is 5. The number of nitrogen functional groups attached to an aromatic ring is 1. The van der Waals surface area contributed by atoms with Gasteiger partial charge in [0.1, 0.15) is 48.5 Å². The van der Waals surface area contributed by atoms with Crippen molar-refractivity contribution in [3.8, 4) is 0 Å². The fraction of sp³-hybridized carbons (Fsp3) is 0.622. The Balaban J connectivity index is 0.804. The Bertz CT molecular complexity index is 2910. The number of fused-ring (bicyclic) bond motifs is 2. The highest BCUT2D eigenvalue weighted by Gasteiger charge is 2.50. The number of carbonyl (C=O) groups excluding carboxylic acids is 4. The summed E-state index contributed by atoms with van der Waals surface area (Å²) in [5.74, 6) is -1.93. The molecule has 2 saturated heterocycles. The zero-order chi connectivity index (χ0) is 58.7. The summed E-state index contributed by atoms with van der Waals surface area (Å²) in [6.45, 7) is 3.76. The number of amides is 2. The van der Waals surface area contributed by atoms with E-state index in [-0.39, 0.29) is 66.3 Å². The molecule has 0 spiro atoms. The molecule has 2 aliphatic rings. The Hall–Kier alpha value is -4.37. The van der Waals surface area contributed by atoms with E-state index >= 15 is 0 Å². The number of phosphoric acid groups is 3. The predicted molar refractivity (Wildman–Crippen MR) is 279 cm³/mol. The molecule has 2 amide bonds. The van der Waals surface area contributed by atoms with Crippen molar-refractivity contribution in [1.82, 2.24) is 35.1 Å². The molecular formula is C45H67N8O23P3S. The van der Waals surface area contributed by atoms with Gasteiger partial charge in [-0.2, -0.15) is 4.31 Å². The number of ether oxygens (including phenoxy) is 4. The first-order chi connectivity index (χ1) is 37.5. The average Bonchev–Trinajstić information content (AvgIpc) is 4.17. The van der Waals surface area contributed by atoms with Gasteiger partial charge >= 0.3 is 29.4 Å². The number of H-pyrrole nitrogens is 1. The van der Waals surface area contributed by atoms with Gasteiger partial charge in [-0.1, -0.05) is 56.7 Å². The van der Waals surface area contributed by atoms with Crippen molar-refractivity contribution in [3.63, 3.8) is 0 Å². The molecule has 35 heteroatoms. The van der Waals surface area contributed by atoms with E-state index in [4.69, 9.17) is 33.7 Å². The van der Waals surface area contributed by atoms with Gasteiger partial charge in [-0.05, 0) is 32.8 Å². The Morgan fingerprint density at radius 3 is 2.42 bits per heavy atom. The van der Waals surface area contributed by atoms with Gasteiger partial charge < -0.3 is 80.3 Å². The van der Waals surface area contributed by atoms with Crippen LogP contribution in [0.2, 0.25) is 0 Å². The minimum atomic E-state index is -5.62. The maximum Gasteiger partial charge on any atom is 0.481 e. The number of aliphatic hydroxyl groups is 4. The van der Waals surface area contributed by atoms with Crippen LogP contribution < -0.4 is 16.4 Å². The zero-order valence-corrected chi connectivity index (χ0v) is 47.2. The normalized spacial score (nSPS) is 24.4. The summed E-state index contributed by atoms with van der Waals surface area (Å²) in [6.07, 6.45) is -7.80. The summed E-state index contributed by atoms with van der Waals surface area (Å²) in [5, 5.41) is 48.2. The molecule has 1 aromatic carbocycles. The minimum Gasteiger partial charge on any atom is -0.456 e. The van der Waals surface area contributed by atoms with Gasteiger partial charge in [0.05, 0.1) is 43.4 Å². The molecule has 2 unspecified atom stereocenters. The van der Waals surface area contributed by atoms with E-state index in [1.54, 1.807) is 13.1 Å². The zero-order valence-electron chi connectivity index (χ0n) is 43.7. The number of nitrogens with one attached hydrogen (secondary N) is 3. The van der Waals surface area contributed by atoms with Crippen molar-refractivity contribution in [1.29, 1.82) is 0 Å². The summed E-state index contributed by atoms with van der Waals surface area (Å²) in [7, 11) is -16.5. The van der Waals surface area contributed by atoms with E-state index in [2.05, 4.69) is 39.4 Å². The number of imidazole rings is 1. The summed E-state index contributed by atoms with van der Waals surface area (Å²) >= 11 is 0.919. The van der Waals surface area contributed by atoms with Crippen LogP contribution in [0.5, 0.6) is 0 Å². The van der Waals surface area contributed by atoms with Gasteiger partial charge in [-0.3, -0.25) is 32.5 Å². The fourth-order valence-electron chi connectivity index (χ4n) is 8.40. The van der Waals surface area contributed by atoms with Crippen LogP contribution in [0.25, 0.3) is 22.1 Å². The molecule has 2 aliphatic heterocycles. The van der Waals surface area contributed by atoms with Gasteiger partial charge in [0.2, 0.25) is 11.8 Å². The maximum atomic E-state index is 12.9. The van der Waals surface area contributed by atoms with Gasteiger partial charge in [0.25, 0.3) is 0 Å². The number of carbonyl (C=O) groups is 4. The molecule has 0 aliphatic carbocycles. The number of aliphatic hydroxyl groups excluding tert-OH is 4.